The molecular formula is C17H21ClN2. The van der Waals surface area contributed by atoms with E-state index in [-0.39, 0.29) is 0 Å². The van der Waals surface area contributed by atoms with Crippen LogP contribution in [0.25, 0.3) is 0 Å². The van der Waals surface area contributed by atoms with Crippen LogP contribution in [0.4, 0.5) is 5.69 Å². The summed E-state index contributed by atoms with van der Waals surface area (Å²) in [6.07, 6.45) is 0. The van der Waals surface area contributed by atoms with Crippen molar-refractivity contribution in [1.82, 2.24) is 5.32 Å². The van der Waals surface area contributed by atoms with E-state index in [1.807, 2.05) is 27.1 Å². The lowest BCUT2D eigenvalue weighted by atomic mass is 10.1. The second-order valence-corrected chi connectivity index (χ2v) is 5.66. The molecule has 0 amide bonds. The zero-order chi connectivity index (χ0) is 14.5. The van der Waals surface area contributed by atoms with Gasteiger partial charge in [0.25, 0.3) is 0 Å². The summed E-state index contributed by atoms with van der Waals surface area (Å²) >= 11 is 6.12. The van der Waals surface area contributed by atoms with Gasteiger partial charge in [-0.1, -0.05) is 35.9 Å². The zero-order valence-corrected chi connectivity index (χ0v) is 13.0. The van der Waals surface area contributed by atoms with E-state index >= 15 is 0 Å². The third-order valence-corrected chi connectivity index (χ3v) is 3.75. The highest BCUT2D eigenvalue weighted by molar-refractivity contribution is 6.31. The van der Waals surface area contributed by atoms with Crippen molar-refractivity contribution in [2.24, 2.45) is 0 Å². The molecule has 20 heavy (non-hydrogen) atoms. The summed E-state index contributed by atoms with van der Waals surface area (Å²) in [6, 6.07) is 14.8. The third kappa shape index (κ3) is 3.99. The predicted octanol–water partition coefficient (Wildman–Crippen LogP) is 4.00. The van der Waals surface area contributed by atoms with Crippen molar-refractivity contribution in [3.05, 3.63) is 64.2 Å². The van der Waals surface area contributed by atoms with E-state index in [4.69, 9.17) is 11.6 Å². The molecule has 0 atom stereocenters. The lowest BCUT2D eigenvalue weighted by molar-refractivity contribution is 0.693. The molecule has 0 heterocycles. The van der Waals surface area contributed by atoms with Crippen molar-refractivity contribution < 1.29 is 0 Å². The Morgan fingerprint density at radius 3 is 2.15 bits per heavy atom. The topological polar surface area (TPSA) is 15.3 Å². The van der Waals surface area contributed by atoms with Crippen LogP contribution in [0, 0.1) is 6.92 Å². The average Bonchev–Trinajstić information content (AvgIpc) is 2.43. The minimum Gasteiger partial charge on any atom is -0.378 e. The van der Waals surface area contributed by atoms with E-state index in [2.05, 4.69) is 46.6 Å². The number of anilines is 1. The molecule has 0 spiro atoms. The molecular weight excluding hydrogens is 268 g/mol. The minimum absolute atomic E-state index is 0.829. The van der Waals surface area contributed by atoms with Crippen molar-refractivity contribution in [3.63, 3.8) is 0 Å². The van der Waals surface area contributed by atoms with Crippen LogP contribution >= 0.6 is 11.6 Å². The van der Waals surface area contributed by atoms with Crippen molar-refractivity contribution >= 4 is 17.3 Å². The van der Waals surface area contributed by atoms with Crippen LogP contribution in [0.1, 0.15) is 16.7 Å². The summed E-state index contributed by atoms with van der Waals surface area (Å²) in [5, 5.41) is 4.27. The van der Waals surface area contributed by atoms with Crippen LogP contribution in [-0.4, -0.2) is 14.1 Å². The molecule has 2 aromatic rings. The van der Waals surface area contributed by atoms with Gasteiger partial charge >= 0.3 is 0 Å². The summed E-state index contributed by atoms with van der Waals surface area (Å²) in [7, 11) is 4.10. The SMILES string of the molecule is Cc1ccc(CNCc2ccc(N(C)C)cc2)cc1Cl. The standard InChI is InChI=1S/C17H21ClN2/c1-13-4-5-15(10-17(13)18)12-19-11-14-6-8-16(9-7-14)20(2)3/h4-10,19H,11-12H2,1-3H3. The number of hydrogen-bond acceptors (Lipinski definition) is 2. The second-order valence-electron chi connectivity index (χ2n) is 5.25. The Labute approximate surface area is 126 Å². The van der Waals surface area contributed by atoms with Gasteiger partial charge in [0.1, 0.15) is 0 Å². The molecule has 0 aromatic heterocycles. The maximum absolute atomic E-state index is 6.12. The summed E-state index contributed by atoms with van der Waals surface area (Å²) in [6.45, 7) is 3.71. The van der Waals surface area contributed by atoms with Crippen molar-refractivity contribution in [1.29, 1.82) is 0 Å². The van der Waals surface area contributed by atoms with Gasteiger partial charge in [-0.3, -0.25) is 0 Å². The molecule has 2 nitrogen and oxygen atoms in total. The summed E-state index contributed by atoms with van der Waals surface area (Å²) in [5.41, 5.74) is 4.84. The fourth-order valence-electron chi connectivity index (χ4n) is 2.01. The number of halogens is 1. The van der Waals surface area contributed by atoms with Crippen LogP contribution < -0.4 is 10.2 Å². The monoisotopic (exact) mass is 288 g/mol. The Kier molecular flexibility index (Phi) is 5.05. The first-order chi connectivity index (χ1) is 9.56. The molecule has 0 unspecified atom stereocenters. The molecule has 0 fully saturated rings. The van der Waals surface area contributed by atoms with E-state index in [0.717, 1.165) is 23.7 Å². The van der Waals surface area contributed by atoms with Crippen molar-refractivity contribution in [2.45, 2.75) is 20.0 Å². The summed E-state index contributed by atoms with van der Waals surface area (Å²) in [4.78, 5) is 2.10. The van der Waals surface area contributed by atoms with Gasteiger partial charge in [-0.2, -0.15) is 0 Å². The van der Waals surface area contributed by atoms with Gasteiger partial charge in [0.2, 0.25) is 0 Å². The second kappa shape index (κ2) is 6.78. The quantitative estimate of drug-likeness (QED) is 0.894. The van der Waals surface area contributed by atoms with Gasteiger partial charge in [-0.05, 0) is 41.8 Å². The predicted molar refractivity (Wildman–Crippen MR) is 87.5 cm³/mol. The van der Waals surface area contributed by atoms with E-state index in [9.17, 15) is 0 Å². The Hall–Kier alpha value is -1.51. The molecule has 106 valence electrons. The molecule has 0 aliphatic rings. The zero-order valence-electron chi connectivity index (χ0n) is 12.3. The Morgan fingerprint density at radius 2 is 1.55 bits per heavy atom. The van der Waals surface area contributed by atoms with Gasteiger partial charge in [0, 0.05) is 37.9 Å². The van der Waals surface area contributed by atoms with Gasteiger partial charge < -0.3 is 10.2 Å². The lowest BCUT2D eigenvalue weighted by Gasteiger charge is -2.13. The van der Waals surface area contributed by atoms with E-state index in [1.54, 1.807) is 0 Å². The molecule has 0 bridgehead atoms. The fraction of sp³-hybridized carbons (Fsp3) is 0.294. The maximum Gasteiger partial charge on any atom is 0.0438 e. The smallest absolute Gasteiger partial charge is 0.0438 e. The first-order valence-corrected chi connectivity index (χ1v) is 7.16. The Bertz CT molecular complexity index is 562. The summed E-state index contributed by atoms with van der Waals surface area (Å²) in [5.74, 6) is 0. The van der Waals surface area contributed by atoms with E-state index in [0.29, 0.717) is 0 Å². The minimum atomic E-state index is 0.829. The van der Waals surface area contributed by atoms with Gasteiger partial charge in [-0.15, -0.1) is 0 Å². The van der Waals surface area contributed by atoms with Crippen LogP contribution in [0.15, 0.2) is 42.5 Å². The van der Waals surface area contributed by atoms with Crippen LogP contribution in [0.3, 0.4) is 0 Å². The van der Waals surface area contributed by atoms with Crippen molar-refractivity contribution in [2.75, 3.05) is 19.0 Å². The Balaban J connectivity index is 1.87. The molecule has 0 saturated heterocycles. The average molecular weight is 289 g/mol. The first kappa shape index (κ1) is 14.9. The molecule has 3 heteroatoms. The molecule has 0 aliphatic carbocycles. The number of rotatable bonds is 5. The van der Waals surface area contributed by atoms with Gasteiger partial charge in [0.05, 0.1) is 0 Å². The molecule has 0 radical (unpaired) electrons. The van der Waals surface area contributed by atoms with Crippen molar-refractivity contribution in [3.8, 4) is 0 Å². The summed E-state index contributed by atoms with van der Waals surface area (Å²) < 4.78 is 0. The lowest BCUT2D eigenvalue weighted by Crippen LogP contribution is -2.13. The first-order valence-electron chi connectivity index (χ1n) is 6.78. The third-order valence-electron chi connectivity index (χ3n) is 3.35. The van der Waals surface area contributed by atoms with E-state index in [1.165, 1.54) is 16.8 Å². The normalized spacial score (nSPS) is 10.6. The number of nitrogens with zero attached hydrogens (tertiary/aromatic N) is 1. The molecule has 2 aromatic carbocycles. The fourth-order valence-corrected chi connectivity index (χ4v) is 2.21. The highest BCUT2D eigenvalue weighted by Gasteiger charge is 1.99. The molecule has 2 rings (SSSR count). The van der Waals surface area contributed by atoms with Crippen LogP contribution in [-0.2, 0) is 13.1 Å². The maximum atomic E-state index is 6.12. The van der Waals surface area contributed by atoms with E-state index < -0.39 is 0 Å². The number of benzene rings is 2. The van der Waals surface area contributed by atoms with Gasteiger partial charge in [-0.25, -0.2) is 0 Å². The molecule has 0 saturated carbocycles. The van der Waals surface area contributed by atoms with Crippen LogP contribution in [0.5, 0.6) is 0 Å². The number of nitrogens with one attached hydrogen (secondary N) is 1. The largest absolute Gasteiger partial charge is 0.378 e. The highest BCUT2D eigenvalue weighted by Crippen LogP contribution is 2.17. The molecule has 1 N–H and O–H groups in total. The number of hydrogen-bond donors (Lipinski definition) is 1. The van der Waals surface area contributed by atoms with Crippen LogP contribution in [0.2, 0.25) is 5.02 Å². The van der Waals surface area contributed by atoms with Gasteiger partial charge in [0.15, 0.2) is 0 Å². The number of aryl methyl sites for hydroxylation is 1. The molecule has 0 aliphatic heterocycles. The Morgan fingerprint density at radius 1 is 0.950 bits per heavy atom. The highest BCUT2D eigenvalue weighted by atomic mass is 35.5.